The zero-order valence-corrected chi connectivity index (χ0v) is 13.9. The van der Waals surface area contributed by atoms with Crippen molar-refractivity contribution < 1.29 is 15.0 Å². The third-order valence-corrected chi connectivity index (χ3v) is 4.26. The van der Waals surface area contributed by atoms with Crippen LogP contribution in [0.1, 0.15) is 36.6 Å². The van der Waals surface area contributed by atoms with E-state index < -0.39 is 5.97 Å². The van der Waals surface area contributed by atoms with Gasteiger partial charge in [0.15, 0.2) is 0 Å². The van der Waals surface area contributed by atoms with Crippen molar-refractivity contribution in [2.45, 2.75) is 32.7 Å². The first-order valence-electron chi connectivity index (χ1n) is 8.07. The zero-order chi connectivity index (χ0) is 17.3. The number of aromatic hydroxyl groups is 1. The molecule has 4 heteroatoms. The van der Waals surface area contributed by atoms with E-state index in [1.165, 1.54) is 0 Å². The Balaban J connectivity index is 2.26. The molecule has 0 spiro atoms. The van der Waals surface area contributed by atoms with Crippen molar-refractivity contribution in [1.29, 1.82) is 0 Å². The molecule has 24 heavy (non-hydrogen) atoms. The molecule has 3 aromatic rings. The SMILES string of the molecule is CC(C)c1c(CC(=O)O)c2ccc(O)cc2n1Cc1ccccc1. The highest BCUT2D eigenvalue weighted by molar-refractivity contribution is 5.90. The van der Waals surface area contributed by atoms with Gasteiger partial charge in [-0.1, -0.05) is 44.2 Å². The average molecular weight is 323 g/mol. The summed E-state index contributed by atoms with van der Waals surface area (Å²) in [4.78, 5) is 11.4. The summed E-state index contributed by atoms with van der Waals surface area (Å²) in [6, 6.07) is 15.2. The maximum atomic E-state index is 11.4. The van der Waals surface area contributed by atoms with E-state index in [1.807, 2.05) is 24.3 Å². The lowest BCUT2D eigenvalue weighted by Crippen LogP contribution is -2.09. The van der Waals surface area contributed by atoms with Gasteiger partial charge >= 0.3 is 5.97 Å². The van der Waals surface area contributed by atoms with Gasteiger partial charge in [0, 0.05) is 23.7 Å². The standard InChI is InChI=1S/C20H21NO3/c1-13(2)20-17(11-19(23)24)16-9-8-15(22)10-18(16)21(20)12-14-6-4-3-5-7-14/h3-10,13,22H,11-12H2,1-2H3,(H,23,24). The summed E-state index contributed by atoms with van der Waals surface area (Å²) in [5, 5.41) is 20.1. The van der Waals surface area contributed by atoms with Crippen LogP contribution in [0.2, 0.25) is 0 Å². The van der Waals surface area contributed by atoms with Crippen LogP contribution < -0.4 is 0 Å². The van der Waals surface area contributed by atoms with Crippen LogP contribution in [0.5, 0.6) is 5.75 Å². The third kappa shape index (κ3) is 3.00. The molecule has 0 bridgehead atoms. The van der Waals surface area contributed by atoms with Gasteiger partial charge in [0.05, 0.1) is 11.9 Å². The predicted molar refractivity (Wildman–Crippen MR) is 94.6 cm³/mol. The normalized spacial score (nSPS) is 11.3. The van der Waals surface area contributed by atoms with Gasteiger partial charge in [-0.25, -0.2) is 0 Å². The maximum Gasteiger partial charge on any atom is 0.307 e. The first-order chi connectivity index (χ1) is 11.5. The van der Waals surface area contributed by atoms with E-state index in [0.29, 0.717) is 6.54 Å². The Kier molecular flexibility index (Phi) is 4.30. The molecule has 0 amide bonds. The average Bonchev–Trinajstić information content (AvgIpc) is 2.81. The van der Waals surface area contributed by atoms with Gasteiger partial charge in [0.1, 0.15) is 5.75 Å². The number of fused-ring (bicyclic) bond motifs is 1. The molecule has 0 unspecified atom stereocenters. The van der Waals surface area contributed by atoms with Crippen LogP contribution in [0.3, 0.4) is 0 Å². The molecular formula is C20H21NO3. The van der Waals surface area contributed by atoms with Crippen LogP contribution in [-0.2, 0) is 17.8 Å². The highest BCUT2D eigenvalue weighted by atomic mass is 16.4. The van der Waals surface area contributed by atoms with E-state index in [-0.39, 0.29) is 18.1 Å². The number of phenolic OH excluding ortho intramolecular Hbond substituents is 1. The van der Waals surface area contributed by atoms with Gasteiger partial charge in [-0.05, 0) is 29.2 Å². The van der Waals surface area contributed by atoms with Crippen LogP contribution in [0.15, 0.2) is 48.5 Å². The lowest BCUT2D eigenvalue weighted by atomic mass is 10.0. The number of phenols is 1. The second kappa shape index (κ2) is 6.40. The van der Waals surface area contributed by atoms with Gasteiger partial charge < -0.3 is 14.8 Å². The molecule has 0 aliphatic carbocycles. The van der Waals surface area contributed by atoms with Crippen LogP contribution in [0.4, 0.5) is 0 Å². The van der Waals surface area contributed by atoms with E-state index in [0.717, 1.165) is 27.7 Å². The summed E-state index contributed by atoms with van der Waals surface area (Å²) in [6.45, 7) is 4.79. The highest BCUT2D eigenvalue weighted by Crippen LogP contribution is 2.34. The fourth-order valence-corrected chi connectivity index (χ4v) is 3.36. The molecule has 2 N–H and O–H groups in total. The minimum absolute atomic E-state index is 0.0173. The number of aliphatic carboxylic acids is 1. The molecule has 0 radical (unpaired) electrons. The van der Waals surface area contributed by atoms with Crippen LogP contribution in [-0.4, -0.2) is 20.7 Å². The van der Waals surface area contributed by atoms with E-state index in [1.54, 1.807) is 12.1 Å². The first kappa shape index (κ1) is 16.1. The van der Waals surface area contributed by atoms with Crippen molar-refractivity contribution in [3.63, 3.8) is 0 Å². The Hall–Kier alpha value is -2.75. The van der Waals surface area contributed by atoms with Crippen molar-refractivity contribution in [2.24, 2.45) is 0 Å². The molecule has 0 aliphatic rings. The Labute approximate surface area is 141 Å². The molecule has 0 aliphatic heterocycles. The molecule has 0 fully saturated rings. The summed E-state index contributed by atoms with van der Waals surface area (Å²) in [6.07, 6.45) is -0.0173. The second-order valence-corrected chi connectivity index (χ2v) is 6.36. The number of rotatable bonds is 5. The molecular weight excluding hydrogens is 302 g/mol. The van der Waals surface area contributed by atoms with Gasteiger partial charge in [-0.15, -0.1) is 0 Å². The molecule has 124 valence electrons. The summed E-state index contributed by atoms with van der Waals surface area (Å²) in [7, 11) is 0. The van der Waals surface area contributed by atoms with Gasteiger partial charge in [-0.2, -0.15) is 0 Å². The molecule has 3 rings (SSSR count). The van der Waals surface area contributed by atoms with Crippen LogP contribution >= 0.6 is 0 Å². The Morgan fingerprint density at radius 3 is 2.46 bits per heavy atom. The number of carbonyl (C=O) groups is 1. The number of hydrogen-bond acceptors (Lipinski definition) is 2. The predicted octanol–water partition coefficient (Wildman–Crippen LogP) is 4.15. The van der Waals surface area contributed by atoms with Crippen molar-refractivity contribution in [3.8, 4) is 5.75 Å². The van der Waals surface area contributed by atoms with Crippen molar-refractivity contribution in [3.05, 3.63) is 65.4 Å². The monoisotopic (exact) mass is 323 g/mol. The number of carboxylic acids is 1. The lowest BCUT2D eigenvalue weighted by molar-refractivity contribution is -0.136. The minimum Gasteiger partial charge on any atom is -0.508 e. The number of nitrogens with zero attached hydrogens (tertiary/aromatic N) is 1. The molecule has 4 nitrogen and oxygen atoms in total. The fraction of sp³-hybridized carbons (Fsp3) is 0.250. The van der Waals surface area contributed by atoms with Crippen LogP contribution in [0.25, 0.3) is 10.9 Å². The van der Waals surface area contributed by atoms with E-state index in [2.05, 4.69) is 30.5 Å². The molecule has 0 saturated heterocycles. The topological polar surface area (TPSA) is 62.5 Å². The number of benzene rings is 2. The van der Waals surface area contributed by atoms with Crippen molar-refractivity contribution >= 4 is 16.9 Å². The zero-order valence-electron chi connectivity index (χ0n) is 13.9. The summed E-state index contributed by atoms with van der Waals surface area (Å²) < 4.78 is 2.13. The molecule has 1 aromatic heterocycles. The molecule has 2 aromatic carbocycles. The minimum atomic E-state index is -0.844. The highest BCUT2D eigenvalue weighted by Gasteiger charge is 2.21. The summed E-state index contributed by atoms with van der Waals surface area (Å²) in [5.41, 5.74) is 3.87. The van der Waals surface area contributed by atoms with E-state index in [4.69, 9.17) is 0 Å². The molecule has 1 heterocycles. The number of hydrogen-bond donors (Lipinski definition) is 2. The Morgan fingerprint density at radius 1 is 1.12 bits per heavy atom. The largest absolute Gasteiger partial charge is 0.508 e. The maximum absolute atomic E-state index is 11.4. The van der Waals surface area contributed by atoms with Crippen molar-refractivity contribution in [2.75, 3.05) is 0 Å². The van der Waals surface area contributed by atoms with Gasteiger partial charge in [0.2, 0.25) is 0 Å². The van der Waals surface area contributed by atoms with E-state index >= 15 is 0 Å². The quantitative estimate of drug-likeness (QED) is 0.741. The smallest absolute Gasteiger partial charge is 0.307 e. The Morgan fingerprint density at radius 2 is 1.83 bits per heavy atom. The molecule has 0 atom stereocenters. The number of aromatic nitrogens is 1. The Bertz CT molecular complexity index is 879. The second-order valence-electron chi connectivity index (χ2n) is 6.36. The summed E-state index contributed by atoms with van der Waals surface area (Å²) in [5.74, 6) is -0.479. The van der Waals surface area contributed by atoms with E-state index in [9.17, 15) is 15.0 Å². The van der Waals surface area contributed by atoms with Crippen molar-refractivity contribution in [1.82, 2.24) is 4.57 Å². The van der Waals surface area contributed by atoms with Crippen LogP contribution in [0, 0.1) is 0 Å². The third-order valence-electron chi connectivity index (χ3n) is 4.26. The first-order valence-corrected chi connectivity index (χ1v) is 8.07. The summed E-state index contributed by atoms with van der Waals surface area (Å²) >= 11 is 0. The van der Waals surface area contributed by atoms with Gasteiger partial charge in [-0.3, -0.25) is 4.79 Å². The number of carboxylic acid groups (broad SMARTS) is 1. The fourth-order valence-electron chi connectivity index (χ4n) is 3.36. The lowest BCUT2D eigenvalue weighted by Gasteiger charge is -2.15. The molecule has 0 saturated carbocycles. The van der Waals surface area contributed by atoms with Gasteiger partial charge in [0.25, 0.3) is 0 Å².